The summed E-state index contributed by atoms with van der Waals surface area (Å²) in [6, 6.07) is 0. The van der Waals surface area contributed by atoms with Gasteiger partial charge in [-0.05, 0) is 0 Å². The van der Waals surface area contributed by atoms with E-state index < -0.39 is 11.3 Å². The molecule has 0 amide bonds. The van der Waals surface area contributed by atoms with Gasteiger partial charge in [-0.1, -0.05) is 0 Å². The fourth-order valence-corrected chi connectivity index (χ4v) is 1.78. The zero-order chi connectivity index (χ0) is 9.68. The van der Waals surface area contributed by atoms with Gasteiger partial charge in [0.25, 0.3) is 0 Å². The average Bonchev–Trinajstić information content (AvgIpc) is 2.15. The lowest BCUT2D eigenvalue weighted by molar-refractivity contribution is 0.122. The molecule has 0 spiro atoms. The van der Waals surface area contributed by atoms with Crippen LogP contribution in [0.3, 0.4) is 0 Å². The van der Waals surface area contributed by atoms with Crippen molar-refractivity contribution in [3.63, 3.8) is 0 Å². The quantitative estimate of drug-likeness (QED) is 0.557. The predicted molar refractivity (Wildman–Crippen MR) is 48.8 cm³/mol. The molecule has 1 atom stereocenters. The van der Waals surface area contributed by atoms with Crippen LogP contribution in [0.25, 0.3) is 0 Å². The minimum Gasteiger partial charge on any atom is -0.760 e. The topological polar surface area (TPSA) is 55.8 Å². The van der Waals surface area contributed by atoms with E-state index in [9.17, 15) is 8.76 Å². The summed E-state index contributed by atoms with van der Waals surface area (Å²) < 4.78 is 27.5. The van der Waals surface area contributed by atoms with Crippen molar-refractivity contribution in [2.75, 3.05) is 46.4 Å². The molecule has 1 rings (SSSR count). The minimum absolute atomic E-state index is 0.597. The number of hydrogen-bond acceptors (Lipinski definition) is 4. The molecule has 0 aromatic heterocycles. The van der Waals surface area contributed by atoms with Crippen LogP contribution in [0, 0.1) is 0 Å². The molecule has 0 bridgehead atoms. The highest BCUT2D eigenvalue weighted by Gasteiger charge is 2.16. The molecule has 0 radical (unpaired) electrons. The van der Waals surface area contributed by atoms with Crippen molar-refractivity contribution < 1.29 is 13.5 Å². The normalized spacial score (nSPS) is 23.2. The highest BCUT2D eigenvalue weighted by molar-refractivity contribution is 7.76. The molecule has 0 saturated carbocycles. The van der Waals surface area contributed by atoms with E-state index in [0.717, 1.165) is 19.6 Å². The minimum atomic E-state index is -2.05. The van der Waals surface area contributed by atoms with E-state index in [4.69, 9.17) is 4.74 Å². The molecule has 0 N–H and O–H groups in total. The van der Waals surface area contributed by atoms with Gasteiger partial charge in [-0.2, -0.15) is 0 Å². The fourth-order valence-electron chi connectivity index (χ4n) is 1.32. The Labute approximate surface area is 81.1 Å². The highest BCUT2D eigenvalue weighted by atomic mass is 32.2. The van der Waals surface area contributed by atoms with Crippen molar-refractivity contribution >= 4 is 11.3 Å². The SMILES string of the molecule is COCCN1CCN(S(=O)[O-])CC1. The third-order valence-electron chi connectivity index (χ3n) is 2.15. The first-order valence-electron chi connectivity index (χ1n) is 4.29. The van der Waals surface area contributed by atoms with Crippen LogP contribution in [-0.4, -0.2) is 64.4 Å². The number of ether oxygens (including phenoxy) is 1. The highest BCUT2D eigenvalue weighted by Crippen LogP contribution is 2.02. The van der Waals surface area contributed by atoms with E-state index in [0.29, 0.717) is 19.7 Å². The number of piperazine rings is 1. The smallest absolute Gasteiger partial charge is 0.0589 e. The molecule has 1 saturated heterocycles. The van der Waals surface area contributed by atoms with E-state index in [1.165, 1.54) is 4.31 Å². The first kappa shape index (κ1) is 11.1. The number of nitrogens with zero attached hydrogens (tertiary/aromatic N) is 2. The number of rotatable bonds is 4. The van der Waals surface area contributed by atoms with Gasteiger partial charge < -0.3 is 9.29 Å². The van der Waals surface area contributed by atoms with E-state index in [1.807, 2.05) is 0 Å². The Morgan fingerprint density at radius 1 is 1.38 bits per heavy atom. The van der Waals surface area contributed by atoms with Crippen molar-refractivity contribution in [1.29, 1.82) is 0 Å². The molecule has 0 aromatic carbocycles. The maximum Gasteiger partial charge on any atom is 0.0589 e. The van der Waals surface area contributed by atoms with Crippen molar-refractivity contribution in [3.05, 3.63) is 0 Å². The van der Waals surface area contributed by atoms with Gasteiger partial charge in [0, 0.05) is 51.1 Å². The zero-order valence-corrected chi connectivity index (χ0v) is 8.59. The lowest BCUT2D eigenvalue weighted by atomic mass is 10.4. The summed E-state index contributed by atoms with van der Waals surface area (Å²) in [6.07, 6.45) is 0. The second kappa shape index (κ2) is 5.66. The van der Waals surface area contributed by atoms with Crippen LogP contribution in [0.4, 0.5) is 0 Å². The maximum absolute atomic E-state index is 10.6. The molecule has 0 aliphatic carbocycles. The van der Waals surface area contributed by atoms with Crippen molar-refractivity contribution in [2.45, 2.75) is 0 Å². The van der Waals surface area contributed by atoms with Crippen molar-refractivity contribution in [2.24, 2.45) is 0 Å². The Morgan fingerprint density at radius 2 is 2.00 bits per heavy atom. The molecule has 1 heterocycles. The van der Waals surface area contributed by atoms with E-state index in [-0.39, 0.29) is 0 Å². The lowest BCUT2D eigenvalue weighted by Gasteiger charge is -2.34. The summed E-state index contributed by atoms with van der Waals surface area (Å²) in [5.74, 6) is 0. The summed E-state index contributed by atoms with van der Waals surface area (Å²) in [4.78, 5) is 2.20. The third-order valence-corrected chi connectivity index (χ3v) is 2.94. The maximum atomic E-state index is 10.6. The number of methoxy groups -OCH3 is 1. The van der Waals surface area contributed by atoms with E-state index in [1.54, 1.807) is 7.11 Å². The Morgan fingerprint density at radius 3 is 2.46 bits per heavy atom. The number of hydrogen-bond donors (Lipinski definition) is 0. The monoisotopic (exact) mass is 207 g/mol. The summed E-state index contributed by atoms with van der Waals surface area (Å²) in [7, 11) is 1.67. The Balaban J connectivity index is 2.18. The molecule has 6 heteroatoms. The van der Waals surface area contributed by atoms with Gasteiger partial charge in [-0.15, -0.1) is 0 Å². The summed E-state index contributed by atoms with van der Waals surface area (Å²) >= 11 is -2.05. The van der Waals surface area contributed by atoms with Crippen LogP contribution < -0.4 is 0 Å². The first-order valence-corrected chi connectivity index (χ1v) is 5.33. The van der Waals surface area contributed by atoms with Crippen LogP contribution in [0.5, 0.6) is 0 Å². The van der Waals surface area contributed by atoms with Gasteiger partial charge in [0.1, 0.15) is 0 Å². The van der Waals surface area contributed by atoms with E-state index >= 15 is 0 Å². The Bertz CT molecular complexity index is 171. The second-order valence-electron chi connectivity index (χ2n) is 2.98. The van der Waals surface area contributed by atoms with Crippen molar-refractivity contribution in [3.8, 4) is 0 Å². The molecule has 1 aliphatic heterocycles. The molecule has 1 fully saturated rings. The van der Waals surface area contributed by atoms with Crippen LogP contribution in [0.1, 0.15) is 0 Å². The fraction of sp³-hybridized carbons (Fsp3) is 1.00. The molecule has 13 heavy (non-hydrogen) atoms. The molecule has 78 valence electrons. The Hall–Kier alpha value is -0.0100. The summed E-state index contributed by atoms with van der Waals surface area (Å²) in [5.41, 5.74) is 0. The van der Waals surface area contributed by atoms with Crippen LogP contribution in [-0.2, 0) is 16.0 Å². The van der Waals surface area contributed by atoms with Gasteiger partial charge in [-0.25, -0.2) is 4.31 Å². The standard InChI is InChI=1S/C7H16N2O3S/c1-12-7-6-8-2-4-9(5-3-8)13(10)11/h2-7H2,1H3,(H,10,11)/p-1. The largest absolute Gasteiger partial charge is 0.760 e. The third kappa shape index (κ3) is 3.70. The van der Waals surface area contributed by atoms with Crippen LogP contribution >= 0.6 is 0 Å². The van der Waals surface area contributed by atoms with E-state index in [2.05, 4.69) is 4.90 Å². The molecular formula is C7H15N2O3S-. The lowest BCUT2D eigenvalue weighted by Crippen LogP contribution is -2.47. The molecular weight excluding hydrogens is 192 g/mol. The molecule has 1 aliphatic rings. The average molecular weight is 207 g/mol. The van der Waals surface area contributed by atoms with Crippen LogP contribution in [0.15, 0.2) is 0 Å². The van der Waals surface area contributed by atoms with Crippen molar-refractivity contribution in [1.82, 2.24) is 9.21 Å². The Kier molecular flexibility index (Phi) is 4.82. The van der Waals surface area contributed by atoms with Gasteiger partial charge in [0.05, 0.1) is 6.61 Å². The van der Waals surface area contributed by atoms with Gasteiger partial charge in [0.15, 0.2) is 0 Å². The van der Waals surface area contributed by atoms with Gasteiger partial charge in [0.2, 0.25) is 0 Å². The first-order chi connectivity index (χ1) is 6.24. The molecule has 5 nitrogen and oxygen atoms in total. The second-order valence-corrected chi connectivity index (χ2v) is 3.93. The van der Waals surface area contributed by atoms with Gasteiger partial charge >= 0.3 is 0 Å². The summed E-state index contributed by atoms with van der Waals surface area (Å²) in [6.45, 7) is 4.39. The van der Waals surface area contributed by atoms with Crippen LogP contribution in [0.2, 0.25) is 0 Å². The predicted octanol–water partition coefficient (Wildman–Crippen LogP) is -0.955. The van der Waals surface area contributed by atoms with Gasteiger partial charge in [-0.3, -0.25) is 9.11 Å². The molecule has 1 unspecified atom stereocenters. The molecule has 0 aromatic rings. The summed E-state index contributed by atoms with van der Waals surface area (Å²) in [5, 5.41) is 0. The zero-order valence-electron chi connectivity index (χ0n) is 7.77.